The van der Waals surface area contributed by atoms with Crippen molar-refractivity contribution in [3.63, 3.8) is 0 Å². The van der Waals surface area contributed by atoms with E-state index in [0.717, 1.165) is 33.2 Å². The van der Waals surface area contributed by atoms with Gasteiger partial charge in [0.1, 0.15) is 0 Å². The molecule has 2 aromatic carbocycles. The van der Waals surface area contributed by atoms with Gasteiger partial charge in [-0.15, -0.1) is 10.2 Å². The van der Waals surface area contributed by atoms with E-state index < -0.39 is 0 Å². The molecule has 112 valence electrons. The lowest BCUT2D eigenvalue weighted by atomic mass is 10.2. The van der Waals surface area contributed by atoms with Crippen molar-refractivity contribution in [2.45, 2.75) is 11.6 Å². The number of halogens is 1. The van der Waals surface area contributed by atoms with Crippen LogP contribution in [-0.2, 0) is 13.5 Å². The minimum atomic E-state index is 0.892. The molecule has 0 N–H and O–H groups in total. The Balaban J connectivity index is 1.68. The van der Waals surface area contributed by atoms with Crippen molar-refractivity contribution in [2.75, 3.05) is 5.75 Å². The first-order chi connectivity index (χ1) is 10.7. The van der Waals surface area contributed by atoms with Crippen LogP contribution in [0.3, 0.4) is 0 Å². The van der Waals surface area contributed by atoms with E-state index in [1.165, 1.54) is 5.56 Å². The summed E-state index contributed by atoms with van der Waals surface area (Å²) in [6, 6.07) is 18.6. The molecule has 5 heteroatoms. The fourth-order valence-corrected chi connectivity index (χ4v) is 3.52. The summed E-state index contributed by atoms with van der Waals surface area (Å²) in [6.45, 7) is 0. The van der Waals surface area contributed by atoms with Crippen molar-refractivity contribution >= 4 is 27.7 Å². The predicted molar refractivity (Wildman–Crippen MR) is 95.0 cm³/mol. The van der Waals surface area contributed by atoms with E-state index in [0.29, 0.717) is 0 Å². The van der Waals surface area contributed by atoms with Gasteiger partial charge in [-0.25, -0.2) is 0 Å². The first kappa shape index (κ1) is 15.3. The lowest BCUT2D eigenvalue weighted by Crippen LogP contribution is -1.96. The van der Waals surface area contributed by atoms with E-state index in [9.17, 15) is 0 Å². The van der Waals surface area contributed by atoms with E-state index in [4.69, 9.17) is 0 Å². The van der Waals surface area contributed by atoms with Crippen LogP contribution in [0.5, 0.6) is 0 Å². The van der Waals surface area contributed by atoms with Crippen LogP contribution in [0.25, 0.3) is 11.4 Å². The number of thioether (sulfide) groups is 1. The minimum absolute atomic E-state index is 0.892. The van der Waals surface area contributed by atoms with Crippen LogP contribution >= 0.6 is 27.7 Å². The topological polar surface area (TPSA) is 30.7 Å². The molecule has 3 rings (SSSR count). The molecule has 0 saturated carbocycles. The molecule has 3 aromatic rings. The van der Waals surface area contributed by atoms with Crippen molar-refractivity contribution in [1.29, 1.82) is 0 Å². The van der Waals surface area contributed by atoms with Gasteiger partial charge in [-0.2, -0.15) is 0 Å². The zero-order valence-electron chi connectivity index (χ0n) is 12.2. The van der Waals surface area contributed by atoms with Gasteiger partial charge in [0.05, 0.1) is 0 Å². The summed E-state index contributed by atoms with van der Waals surface area (Å²) in [5, 5.41) is 9.59. The summed E-state index contributed by atoms with van der Waals surface area (Å²) < 4.78 is 3.10. The van der Waals surface area contributed by atoms with Gasteiger partial charge in [-0.3, -0.25) is 0 Å². The van der Waals surface area contributed by atoms with Gasteiger partial charge in [0.2, 0.25) is 0 Å². The maximum absolute atomic E-state index is 4.32. The summed E-state index contributed by atoms with van der Waals surface area (Å²) in [6.07, 6.45) is 1.03. The van der Waals surface area contributed by atoms with Crippen LogP contribution in [0, 0.1) is 0 Å². The second kappa shape index (κ2) is 7.11. The third-order valence-electron chi connectivity index (χ3n) is 3.38. The number of hydrogen-bond acceptors (Lipinski definition) is 3. The van der Waals surface area contributed by atoms with Crippen LogP contribution in [0.2, 0.25) is 0 Å². The number of aromatic nitrogens is 3. The smallest absolute Gasteiger partial charge is 0.191 e. The molecule has 0 atom stereocenters. The Bertz CT molecular complexity index is 756. The molecule has 0 aliphatic heterocycles. The van der Waals surface area contributed by atoms with Crippen molar-refractivity contribution in [2.24, 2.45) is 7.05 Å². The minimum Gasteiger partial charge on any atom is -0.305 e. The summed E-state index contributed by atoms with van der Waals surface area (Å²) in [5.74, 6) is 1.89. The fourth-order valence-electron chi connectivity index (χ4n) is 2.22. The largest absolute Gasteiger partial charge is 0.305 e. The van der Waals surface area contributed by atoms with Gasteiger partial charge in [0, 0.05) is 22.8 Å². The van der Waals surface area contributed by atoms with Crippen LogP contribution in [0.4, 0.5) is 0 Å². The van der Waals surface area contributed by atoms with Gasteiger partial charge in [-0.1, -0.05) is 70.2 Å². The molecule has 0 radical (unpaired) electrons. The third-order valence-corrected chi connectivity index (χ3v) is 4.90. The Hall–Kier alpha value is -1.59. The molecule has 22 heavy (non-hydrogen) atoms. The van der Waals surface area contributed by atoms with Crippen LogP contribution in [0.1, 0.15) is 5.56 Å². The summed E-state index contributed by atoms with van der Waals surface area (Å²) >= 11 is 5.24. The van der Waals surface area contributed by atoms with Crippen molar-refractivity contribution < 1.29 is 0 Å². The summed E-state index contributed by atoms with van der Waals surface area (Å²) in [7, 11) is 2.01. The fraction of sp³-hybridized carbons (Fsp3) is 0.176. The average Bonchev–Trinajstić information content (AvgIpc) is 2.90. The third kappa shape index (κ3) is 3.59. The van der Waals surface area contributed by atoms with E-state index in [-0.39, 0.29) is 0 Å². The Morgan fingerprint density at radius 2 is 1.86 bits per heavy atom. The zero-order chi connectivity index (χ0) is 15.4. The maximum atomic E-state index is 4.32. The molecule has 1 aromatic heterocycles. The number of nitrogens with zero attached hydrogens (tertiary/aromatic N) is 3. The monoisotopic (exact) mass is 373 g/mol. The molecule has 0 unspecified atom stereocenters. The SMILES string of the molecule is Cn1c(SCCc2ccccc2)nnc1-c1cccc(Br)c1. The highest BCUT2D eigenvalue weighted by Gasteiger charge is 2.11. The van der Waals surface area contributed by atoms with Crippen LogP contribution < -0.4 is 0 Å². The lowest BCUT2D eigenvalue weighted by Gasteiger charge is -2.04. The van der Waals surface area contributed by atoms with Gasteiger partial charge in [0.25, 0.3) is 0 Å². The van der Waals surface area contributed by atoms with Gasteiger partial charge >= 0.3 is 0 Å². The molecule has 0 spiro atoms. The first-order valence-electron chi connectivity index (χ1n) is 7.06. The van der Waals surface area contributed by atoms with Gasteiger partial charge in [-0.05, 0) is 24.1 Å². The quantitative estimate of drug-likeness (QED) is 0.613. The number of hydrogen-bond donors (Lipinski definition) is 0. The Morgan fingerprint density at radius 1 is 1.05 bits per heavy atom. The highest BCUT2D eigenvalue weighted by atomic mass is 79.9. The summed E-state index contributed by atoms with van der Waals surface area (Å²) in [4.78, 5) is 0. The molecular weight excluding hydrogens is 358 g/mol. The van der Waals surface area contributed by atoms with Gasteiger partial charge in [0.15, 0.2) is 11.0 Å². The Kier molecular flexibility index (Phi) is 4.95. The van der Waals surface area contributed by atoms with Crippen molar-refractivity contribution in [1.82, 2.24) is 14.8 Å². The standard InChI is InChI=1S/C17H16BrN3S/c1-21-16(14-8-5-9-15(18)12-14)19-20-17(21)22-11-10-13-6-3-2-4-7-13/h2-9,12H,10-11H2,1H3. The molecule has 0 bridgehead atoms. The molecule has 0 fully saturated rings. The molecule has 1 heterocycles. The molecule has 3 nitrogen and oxygen atoms in total. The van der Waals surface area contributed by atoms with Crippen LogP contribution in [0.15, 0.2) is 64.2 Å². The van der Waals surface area contributed by atoms with Crippen LogP contribution in [-0.4, -0.2) is 20.5 Å². The van der Waals surface area contributed by atoms with Crippen molar-refractivity contribution in [3.8, 4) is 11.4 Å². The normalized spacial score (nSPS) is 10.8. The molecule has 0 aliphatic rings. The molecule has 0 aliphatic carbocycles. The van der Waals surface area contributed by atoms with E-state index >= 15 is 0 Å². The second-order valence-electron chi connectivity index (χ2n) is 4.96. The average molecular weight is 374 g/mol. The predicted octanol–water partition coefficient (Wildman–Crippen LogP) is 4.58. The number of rotatable bonds is 5. The first-order valence-corrected chi connectivity index (χ1v) is 8.84. The second-order valence-corrected chi connectivity index (χ2v) is 6.94. The highest BCUT2D eigenvalue weighted by molar-refractivity contribution is 9.10. The molecule has 0 amide bonds. The Labute approximate surface area is 142 Å². The number of benzene rings is 2. The van der Waals surface area contributed by atoms with E-state index in [1.54, 1.807) is 11.8 Å². The Morgan fingerprint density at radius 3 is 2.64 bits per heavy atom. The molecule has 0 saturated heterocycles. The van der Waals surface area contributed by atoms with E-state index in [1.807, 2.05) is 31.3 Å². The lowest BCUT2D eigenvalue weighted by molar-refractivity contribution is 0.793. The van der Waals surface area contributed by atoms with E-state index in [2.05, 4.69) is 61.0 Å². The highest BCUT2D eigenvalue weighted by Crippen LogP contribution is 2.25. The molecular formula is C17H16BrN3S. The summed E-state index contributed by atoms with van der Waals surface area (Å²) in [5.41, 5.74) is 2.42. The zero-order valence-corrected chi connectivity index (χ0v) is 14.6. The van der Waals surface area contributed by atoms with Gasteiger partial charge < -0.3 is 4.57 Å². The van der Waals surface area contributed by atoms with Crippen molar-refractivity contribution in [3.05, 3.63) is 64.6 Å². The maximum Gasteiger partial charge on any atom is 0.191 e. The number of aryl methyl sites for hydroxylation is 1.